The van der Waals surface area contributed by atoms with Crippen LogP contribution in [0.15, 0.2) is 30.3 Å². The van der Waals surface area contributed by atoms with Gasteiger partial charge in [0.2, 0.25) is 11.8 Å². The summed E-state index contributed by atoms with van der Waals surface area (Å²) in [5.74, 6) is 1.23. The van der Waals surface area contributed by atoms with Crippen LogP contribution in [0.4, 0.5) is 5.13 Å². The molecule has 1 saturated heterocycles. The molecule has 1 aromatic carbocycles. The highest BCUT2D eigenvalue weighted by Crippen LogP contribution is 2.36. The molecule has 146 valence electrons. The van der Waals surface area contributed by atoms with Crippen LogP contribution in [0.1, 0.15) is 31.2 Å². The van der Waals surface area contributed by atoms with Gasteiger partial charge < -0.3 is 15.0 Å². The normalized spacial score (nSPS) is 16.5. The van der Waals surface area contributed by atoms with Crippen molar-refractivity contribution in [3.05, 3.63) is 41.7 Å². The minimum atomic E-state index is -0.214. The Balaban J connectivity index is 1.54. The third-order valence-corrected chi connectivity index (χ3v) is 5.78. The molecule has 1 fully saturated rings. The molecule has 1 aliphatic heterocycles. The van der Waals surface area contributed by atoms with Gasteiger partial charge in [-0.1, -0.05) is 41.7 Å². The number of aromatic nitrogens is 3. The number of ether oxygens (including phenoxy) is 1. The minimum Gasteiger partial charge on any atom is -0.477 e. The molecule has 4 rings (SSSR count). The molecule has 1 amide bonds. The number of anilines is 1. The summed E-state index contributed by atoms with van der Waals surface area (Å²) in [4.78, 5) is 28.4. The van der Waals surface area contributed by atoms with Gasteiger partial charge >= 0.3 is 0 Å². The van der Waals surface area contributed by atoms with E-state index in [9.17, 15) is 4.79 Å². The summed E-state index contributed by atoms with van der Waals surface area (Å²) in [6, 6.07) is 9.73. The molecule has 8 heteroatoms. The predicted octanol–water partition coefficient (Wildman–Crippen LogP) is 3.08. The van der Waals surface area contributed by atoms with E-state index in [2.05, 4.69) is 25.2 Å². The van der Waals surface area contributed by atoms with Crippen molar-refractivity contribution in [1.29, 1.82) is 0 Å². The van der Waals surface area contributed by atoms with E-state index < -0.39 is 0 Å². The summed E-state index contributed by atoms with van der Waals surface area (Å²) in [5.41, 5.74) is 1.72. The van der Waals surface area contributed by atoms with Crippen molar-refractivity contribution in [3.63, 3.8) is 0 Å². The van der Waals surface area contributed by atoms with Gasteiger partial charge in [0.05, 0.1) is 6.61 Å². The molecule has 3 aromatic rings. The topological polar surface area (TPSA) is 80.2 Å². The van der Waals surface area contributed by atoms with Gasteiger partial charge in [0, 0.05) is 13.1 Å². The second kappa shape index (κ2) is 8.10. The van der Waals surface area contributed by atoms with Crippen LogP contribution in [0.2, 0.25) is 0 Å². The Kier molecular flexibility index (Phi) is 5.38. The molecule has 3 heterocycles. The van der Waals surface area contributed by atoms with Crippen LogP contribution >= 0.6 is 11.3 Å². The van der Waals surface area contributed by atoms with E-state index in [0.717, 1.165) is 34.8 Å². The lowest BCUT2D eigenvalue weighted by molar-refractivity contribution is -0.122. The van der Waals surface area contributed by atoms with Crippen LogP contribution in [-0.4, -0.2) is 40.1 Å². The molecule has 0 saturated carbocycles. The number of aryl methyl sites for hydroxylation is 1. The molecular formula is C20H23N5O2S. The summed E-state index contributed by atoms with van der Waals surface area (Å²) in [5, 5.41) is 3.86. The quantitative estimate of drug-likeness (QED) is 0.689. The van der Waals surface area contributed by atoms with E-state index in [4.69, 9.17) is 4.74 Å². The van der Waals surface area contributed by atoms with Gasteiger partial charge in [-0.3, -0.25) is 4.79 Å². The van der Waals surface area contributed by atoms with E-state index in [0.29, 0.717) is 30.5 Å². The summed E-state index contributed by atoms with van der Waals surface area (Å²) in [6.07, 6.45) is 1.78. The van der Waals surface area contributed by atoms with E-state index in [1.54, 1.807) is 0 Å². The number of carbonyl (C=O) groups excluding carboxylic acids is 1. The van der Waals surface area contributed by atoms with Gasteiger partial charge in [-0.15, -0.1) is 0 Å². The number of hydrogen-bond donors (Lipinski definition) is 1. The molecule has 28 heavy (non-hydrogen) atoms. The number of amides is 1. The third kappa shape index (κ3) is 3.77. The van der Waals surface area contributed by atoms with E-state index in [-0.39, 0.29) is 11.9 Å². The van der Waals surface area contributed by atoms with E-state index in [1.165, 1.54) is 11.3 Å². The average molecular weight is 398 g/mol. The second-order valence-corrected chi connectivity index (χ2v) is 7.69. The zero-order chi connectivity index (χ0) is 19.5. The van der Waals surface area contributed by atoms with Crippen molar-refractivity contribution in [2.45, 2.75) is 39.3 Å². The molecule has 0 spiro atoms. The first kappa shape index (κ1) is 18.6. The first-order chi connectivity index (χ1) is 13.7. The molecule has 0 radical (unpaired) electrons. The van der Waals surface area contributed by atoms with Crippen molar-refractivity contribution in [1.82, 2.24) is 20.3 Å². The number of thiazole rings is 1. The van der Waals surface area contributed by atoms with Crippen molar-refractivity contribution in [2.75, 3.05) is 18.1 Å². The van der Waals surface area contributed by atoms with Gasteiger partial charge in [0.25, 0.3) is 0 Å². The number of nitrogens with zero attached hydrogens (tertiary/aromatic N) is 4. The Labute approximate surface area is 167 Å². The zero-order valence-electron chi connectivity index (χ0n) is 16.0. The SMILES string of the molecule is CCOc1nc(C)nc2nc(N3CCC[C@@H]3C(=O)NCc3ccccc3)sc12. The summed E-state index contributed by atoms with van der Waals surface area (Å²) < 4.78 is 6.49. The maximum Gasteiger partial charge on any atom is 0.243 e. The fourth-order valence-electron chi connectivity index (χ4n) is 3.42. The van der Waals surface area contributed by atoms with Gasteiger partial charge in [-0.25, -0.2) is 4.98 Å². The molecule has 0 bridgehead atoms. The number of fused-ring (bicyclic) bond motifs is 1. The van der Waals surface area contributed by atoms with Crippen molar-refractivity contribution >= 4 is 32.7 Å². The Morgan fingerprint density at radius 2 is 2.11 bits per heavy atom. The average Bonchev–Trinajstić information content (AvgIpc) is 3.34. The molecule has 1 atom stereocenters. The summed E-state index contributed by atoms with van der Waals surface area (Å²) >= 11 is 1.49. The summed E-state index contributed by atoms with van der Waals surface area (Å²) in [6.45, 7) is 5.63. The lowest BCUT2D eigenvalue weighted by Crippen LogP contribution is -2.43. The van der Waals surface area contributed by atoms with Crippen LogP contribution in [0.25, 0.3) is 10.3 Å². The third-order valence-electron chi connectivity index (χ3n) is 4.72. The number of hydrogen-bond acceptors (Lipinski definition) is 7. The van der Waals surface area contributed by atoms with Crippen LogP contribution in [-0.2, 0) is 11.3 Å². The fraction of sp³-hybridized carbons (Fsp3) is 0.400. The first-order valence-corrected chi connectivity index (χ1v) is 10.3. The highest BCUT2D eigenvalue weighted by Gasteiger charge is 2.33. The van der Waals surface area contributed by atoms with Gasteiger partial charge in [0.1, 0.15) is 16.6 Å². The Morgan fingerprint density at radius 1 is 1.29 bits per heavy atom. The number of nitrogens with one attached hydrogen (secondary N) is 1. The molecule has 0 aliphatic carbocycles. The Morgan fingerprint density at radius 3 is 2.89 bits per heavy atom. The highest BCUT2D eigenvalue weighted by atomic mass is 32.1. The first-order valence-electron chi connectivity index (χ1n) is 9.52. The molecular weight excluding hydrogens is 374 g/mol. The highest BCUT2D eigenvalue weighted by molar-refractivity contribution is 7.22. The largest absolute Gasteiger partial charge is 0.477 e. The van der Waals surface area contributed by atoms with Gasteiger partial charge in [-0.05, 0) is 32.3 Å². The van der Waals surface area contributed by atoms with Gasteiger partial charge in [0.15, 0.2) is 10.8 Å². The Hall–Kier alpha value is -2.74. The molecule has 2 aromatic heterocycles. The van der Waals surface area contributed by atoms with Crippen LogP contribution < -0.4 is 15.0 Å². The minimum absolute atomic E-state index is 0.0351. The second-order valence-electron chi connectivity index (χ2n) is 6.71. The monoisotopic (exact) mass is 397 g/mol. The van der Waals surface area contributed by atoms with E-state index >= 15 is 0 Å². The fourth-order valence-corrected chi connectivity index (χ4v) is 4.45. The smallest absolute Gasteiger partial charge is 0.243 e. The van der Waals surface area contributed by atoms with Crippen LogP contribution in [0.5, 0.6) is 5.88 Å². The molecule has 7 nitrogen and oxygen atoms in total. The van der Waals surface area contributed by atoms with Crippen LogP contribution in [0.3, 0.4) is 0 Å². The van der Waals surface area contributed by atoms with E-state index in [1.807, 2.05) is 44.2 Å². The van der Waals surface area contributed by atoms with Crippen molar-refractivity contribution < 1.29 is 9.53 Å². The number of benzene rings is 1. The maximum absolute atomic E-state index is 12.8. The summed E-state index contributed by atoms with van der Waals surface area (Å²) in [7, 11) is 0. The lowest BCUT2D eigenvalue weighted by Gasteiger charge is -2.23. The molecule has 1 aliphatic rings. The zero-order valence-corrected chi connectivity index (χ0v) is 16.8. The lowest BCUT2D eigenvalue weighted by atomic mass is 10.2. The molecule has 0 unspecified atom stereocenters. The van der Waals surface area contributed by atoms with Crippen LogP contribution in [0, 0.1) is 6.92 Å². The van der Waals surface area contributed by atoms with Crippen molar-refractivity contribution in [3.8, 4) is 5.88 Å². The van der Waals surface area contributed by atoms with Crippen molar-refractivity contribution in [2.24, 2.45) is 0 Å². The predicted molar refractivity (Wildman–Crippen MR) is 110 cm³/mol. The standard InChI is InChI=1S/C20H23N5O2S/c1-3-27-19-16-17(22-13(2)23-19)24-20(28-16)25-11-7-10-15(25)18(26)21-12-14-8-5-4-6-9-14/h4-6,8-9,15H,3,7,10-12H2,1-2H3,(H,21,26)/t15-/m1/s1. The maximum atomic E-state index is 12.8. The number of carbonyl (C=O) groups is 1. The number of rotatable bonds is 6. The Bertz CT molecular complexity index is 975. The molecule has 1 N–H and O–H groups in total. The van der Waals surface area contributed by atoms with Gasteiger partial charge in [-0.2, -0.15) is 9.97 Å².